The molecule has 0 spiro atoms. The van der Waals surface area contributed by atoms with Gasteiger partial charge in [0.2, 0.25) is 0 Å². The van der Waals surface area contributed by atoms with E-state index in [0.29, 0.717) is 11.6 Å². The number of phenols is 1. The molecule has 0 saturated heterocycles. The summed E-state index contributed by atoms with van der Waals surface area (Å²) < 4.78 is 0. The summed E-state index contributed by atoms with van der Waals surface area (Å²) in [7, 11) is 0. The summed E-state index contributed by atoms with van der Waals surface area (Å²) in [6.45, 7) is 2.28. The molecule has 1 aliphatic rings. The number of nitrogens with zero attached hydrogens (tertiary/aromatic N) is 1. The number of nitrogen functional groups attached to an aromatic ring is 1. The van der Waals surface area contributed by atoms with Gasteiger partial charge in [0.25, 0.3) is 0 Å². The van der Waals surface area contributed by atoms with Crippen LogP contribution < -0.4 is 5.73 Å². The van der Waals surface area contributed by atoms with E-state index in [1.165, 1.54) is 11.1 Å². The quantitative estimate of drug-likeness (QED) is 0.826. The lowest BCUT2D eigenvalue weighted by Gasteiger charge is -2.30. The highest BCUT2D eigenvalue weighted by molar-refractivity contribution is 6.35. The third kappa shape index (κ3) is 2.95. The van der Waals surface area contributed by atoms with E-state index >= 15 is 0 Å². The number of halogens is 2. The van der Waals surface area contributed by atoms with Gasteiger partial charge in [0.05, 0.1) is 5.02 Å². The van der Waals surface area contributed by atoms with Crippen molar-refractivity contribution in [2.45, 2.75) is 19.5 Å². The van der Waals surface area contributed by atoms with Crippen LogP contribution in [-0.4, -0.2) is 16.6 Å². The molecule has 0 unspecified atom stereocenters. The second kappa shape index (κ2) is 5.76. The average molecular weight is 323 g/mol. The molecular formula is C16H16Cl2N2O. The Morgan fingerprint density at radius 3 is 2.86 bits per heavy atom. The highest BCUT2D eigenvalue weighted by Crippen LogP contribution is 2.33. The number of anilines is 1. The molecule has 5 heteroatoms. The van der Waals surface area contributed by atoms with Crippen LogP contribution in [0.25, 0.3) is 0 Å². The molecule has 3 N–H and O–H groups in total. The van der Waals surface area contributed by atoms with Crippen molar-refractivity contribution in [2.75, 3.05) is 12.3 Å². The third-order valence-corrected chi connectivity index (χ3v) is 4.40. The minimum absolute atomic E-state index is 0.105. The number of phenolic OH excluding ortho intramolecular Hbond substituents is 1. The third-order valence-electron chi connectivity index (χ3n) is 3.89. The van der Waals surface area contributed by atoms with Gasteiger partial charge in [0.15, 0.2) is 0 Å². The average Bonchev–Trinajstić information content (AvgIpc) is 2.45. The maximum Gasteiger partial charge on any atom is 0.138 e. The van der Waals surface area contributed by atoms with E-state index in [0.717, 1.165) is 30.8 Å². The molecule has 1 heterocycles. The minimum atomic E-state index is 0.105. The lowest BCUT2D eigenvalue weighted by molar-refractivity contribution is 0.243. The second-order valence-corrected chi connectivity index (χ2v) is 6.18. The van der Waals surface area contributed by atoms with Crippen molar-refractivity contribution >= 4 is 28.9 Å². The van der Waals surface area contributed by atoms with E-state index in [1.54, 1.807) is 12.1 Å². The fourth-order valence-corrected chi connectivity index (χ4v) is 3.31. The second-order valence-electron chi connectivity index (χ2n) is 5.34. The Balaban J connectivity index is 1.83. The monoisotopic (exact) mass is 322 g/mol. The molecule has 3 rings (SSSR count). The number of hydrogen-bond acceptors (Lipinski definition) is 3. The van der Waals surface area contributed by atoms with Gasteiger partial charge in [-0.25, -0.2) is 0 Å². The molecule has 1 aliphatic heterocycles. The zero-order valence-electron chi connectivity index (χ0n) is 11.4. The topological polar surface area (TPSA) is 49.5 Å². The molecule has 110 valence electrons. The predicted octanol–water partition coefficient (Wildman–Crippen LogP) is 3.84. The largest absolute Gasteiger partial charge is 0.506 e. The summed E-state index contributed by atoms with van der Waals surface area (Å²) in [4.78, 5) is 2.24. The van der Waals surface area contributed by atoms with Crippen molar-refractivity contribution in [3.05, 3.63) is 57.1 Å². The Kier molecular flexibility index (Phi) is 3.98. The summed E-state index contributed by atoms with van der Waals surface area (Å²) in [6, 6.07) is 9.34. The number of nitrogens with two attached hydrogens (primary N) is 1. The number of rotatable bonds is 2. The van der Waals surface area contributed by atoms with Gasteiger partial charge in [-0.2, -0.15) is 0 Å². The molecule has 0 bridgehead atoms. The van der Waals surface area contributed by atoms with Gasteiger partial charge in [0, 0.05) is 35.9 Å². The van der Waals surface area contributed by atoms with Crippen molar-refractivity contribution in [1.29, 1.82) is 0 Å². The number of benzene rings is 2. The summed E-state index contributed by atoms with van der Waals surface area (Å²) in [5, 5.41) is 10.9. The van der Waals surface area contributed by atoms with E-state index in [9.17, 15) is 5.11 Å². The molecule has 0 amide bonds. The van der Waals surface area contributed by atoms with Crippen LogP contribution in [0.1, 0.15) is 16.7 Å². The van der Waals surface area contributed by atoms with E-state index < -0.39 is 0 Å². The van der Waals surface area contributed by atoms with Crippen LogP contribution in [0.3, 0.4) is 0 Å². The van der Waals surface area contributed by atoms with Gasteiger partial charge in [-0.3, -0.25) is 4.90 Å². The molecule has 0 fully saturated rings. The van der Waals surface area contributed by atoms with Crippen molar-refractivity contribution < 1.29 is 5.11 Å². The molecule has 0 aromatic heterocycles. The van der Waals surface area contributed by atoms with E-state index in [-0.39, 0.29) is 10.8 Å². The first kappa shape index (κ1) is 14.5. The maximum absolute atomic E-state index is 10.1. The Bertz CT molecular complexity index is 688. The van der Waals surface area contributed by atoms with Gasteiger partial charge in [-0.15, -0.1) is 0 Å². The Hall–Kier alpha value is -1.42. The van der Waals surface area contributed by atoms with E-state index in [1.807, 2.05) is 12.1 Å². The summed E-state index contributed by atoms with van der Waals surface area (Å²) in [5.41, 5.74) is 10.1. The number of aromatic hydroxyl groups is 1. The Morgan fingerprint density at radius 2 is 2.05 bits per heavy atom. The molecule has 0 atom stereocenters. The molecule has 0 radical (unpaired) electrons. The van der Waals surface area contributed by atoms with Crippen LogP contribution >= 0.6 is 23.2 Å². The Morgan fingerprint density at radius 1 is 1.24 bits per heavy atom. The molecule has 2 aromatic carbocycles. The number of fused-ring (bicyclic) bond motifs is 1. The highest BCUT2D eigenvalue weighted by Gasteiger charge is 2.19. The zero-order chi connectivity index (χ0) is 15.0. The SMILES string of the molecule is Nc1cccc2c1CN(Cc1cc(Cl)cc(Cl)c1O)CC2. The molecule has 0 aliphatic carbocycles. The van der Waals surface area contributed by atoms with E-state index in [4.69, 9.17) is 28.9 Å². The first-order chi connectivity index (χ1) is 10.0. The van der Waals surface area contributed by atoms with E-state index in [2.05, 4.69) is 11.0 Å². The Labute approximate surface area is 133 Å². The smallest absolute Gasteiger partial charge is 0.138 e. The highest BCUT2D eigenvalue weighted by atomic mass is 35.5. The zero-order valence-corrected chi connectivity index (χ0v) is 13.0. The fraction of sp³-hybridized carbons (Fsp3) is 0.250. The van der Waals surface area contributed by atoms with Crippen molar-refractivity contribution in [3.63, 3.8) is 0 Å². The summed E-state index contributed by atoms with van der Waals surface area (Å²) in [5.74, 6) is 0.105. The first-order valence-electron chi connectivity index (χ1n) is 6.80. The molecular weight excluding hydrogens is 307 g/mol. The van der Waals surface area contributed by atoms with Crippen molar-refractivity contribution in [2.24, 2.45) is 0 Å². The molecule has 21 heavy (non-hydrogen) atoms. The van der Waals surface area contributed by atoms with Gasteiger partial charge < -0.3 is 10.8 Å². The number of hydrogen-bond donors (Lipinski definition) is 2. The van der Waals surface area contributed by atoms with Crippen LogP contribution in [0.15, 0.2) is 30.3 Å². The van der Waals surface area contributed by atoms with Gasteiger partial charge in [-0.05, 0) is 35.7 Å². The lowest BCUT2D eigenvalue weighted by atomic mass is 9.97. The van der Waals surface area contributed by atoms with Gasteiger partial charge >= 0.3 is 0 Å². The predicted molar refractivity (Wildman–Crippen MR) is 86.8 cm³/mol. The summed E-state index contributed by atoms with van der Waals surface area (Å²) in [6.07, 6.45) is 0.954. The van der Waals surface area contributed by atoms with Crippen LogP contribution in [0, 0.1) is 0 Å². The standard InChI is InChI=1S/C16H16Cl2N2O/c17-12-6-11(16(21)14(18)7-12)8-20-5-4-10-2-1-3-15(19)13(10)9-20/h1-3,6-7,21H,4-5,8-9,19H2. The van der Waals surface area contributed by atoms with Crippen molar-refractivity contribution in [1.82, 2.24) is 4.90 Å². The first-order valence-corrected chi connectivity index (χ1v) is 7.55. The van der Waals surface area contributed by atoms with Gasteiger partial charge in [0.1, 0.15) is 5.75 Å². The molecule has 3 nitrogen and oxygen atoms in total. The van der Waals surface area contributed by atoms with Crippen LogP contribution in [0.2, 0.25) is 10.0 Å². The summed E-state index contributed by atoms with van der Waals surface area (Å²) >= 11 is 12.0. The lowest BCUT2D eigenvalue weighted by Crippen LogP contribution is -2.30. The van der Waals surface area contributed by atoms with Gasteiger partial charge in [-0.1, -0.05) is 35.3 Å². The van der Waals surface area contributed by atoms with Crippen LogP contribution in [-0.2, 0) is 19.5 Å². The van der Waals surface area contributed by atoms with Crippen molar-refractivity contribution in [3.8, 4) is 5.75 Å². The minimum Gasteiger partial charge on any atom is -0.506 e. The van der Waals surface area contributed by atoms with Crippen LogP contribution in [0.4, 0.5) is 5.69 Å². The molecule has 0 saturated carbocycles. The van der Waals surface area contributed by atoms with Crippen LogP contribution in [0.5, 0.6) is 5.75 Å². The normalized spacial score (nSPS) is 15.0. The maximum atomic E-state index is 10.1. The fourth-order valence-electron chi connectivity index (χ4n) is 2.78. The molecule has 2 aromatic rings.